The lowest BCUT2D eigenvalue weighted by molar-refractivity contribution is 0.188. The monoisotopic (exact) mass is 321 g/mol. The highest BCUT2D eigenvalue weighted by atomic mass is 79.9. The quantitative estimate of drug-likeness (QED) is 0.910. The fourth-order valence-electron chi connectivity index (χ4n) is 2.96. The first-order valence-electron chi connectivity index (χ1n) is 6.91. The second-order valence-electron chi connectivity index (χ2n) is 5.37. The highest BCUT2D eigenvalue weighted by Gasteiger charge is 2.19. The van der Waals surface area contributed by atoms with Gasteiger partial charge < -0.3 is 10.3 Å². The molecule has 0 aliphatic carbocycles. The van der Waals surface area contributed by atoms with Gasteiger partial charge in [0.2, 0.25) is 0 Å². The lowest BCUT2D eigenvalue weighted by atomic mass is 10.0. The highest BCUT2D eigenvalue weighted by Crippen LogP contribution is 2.24. The maximum atomic E-state index is 3.56. The average molecular weight is 322 g/mol. The van der Waals surface area contributed by atoms with Crippen LogP contribution in [0.15, 0.2) is 28.9 Å². The van der Waals surface area contributed by atoms with E-state index in [1.165, 1.54) is 35.9 Å². The number of likely N-dealkylation sites (tertiary alicyclic amines) is 1. The molecule has 0 bridgehead atoms. The summed E-state index contributed by atoms with van der Waals surface area (Å²) in [5.74, 6) is 0. The molecule has 1 aliphatic heterocycles. The maximum Gasteiger partial charge on any atom is 0.0458 e. The molecule has 1 saturated heterocycles. The van der Waals surface area contributed by atoms with E-state index in [0.717, 1.165) is 17.6 Å². The molecule has 3 nitrogen and oxygen atoms in total. The lowest BCUT2D eigenvalue weighted by Crippen LogP contribution is -2.43. The van der Waals surface area contributed by atoms with E-state index in [0.29, 0.717) is 6.04 Å². The number of likely N-dealkylation sites (N-methyl/N-ethyl adjacent to an activating group) is 1. The first-order valence-corrected chi connectivity index (χ1v) is 7.70. The zero-order chi connectivity index (χ0) is 13.2. The van der Waals surface area contributed by atoms with Crippen LogP contribution in [0.5, 0.6) is 0 Å². The van der Waals surface area contributed by atoms with E-state index < -0.39 is 0 Å². The van der Waals surface area contributed by atoms with Gasteiger partial charge in [0.15, 0.2) is 0 Å². The molecule has 102 valence electrons. The summed E-state index contributed by atoms with van der Waals surface area (Å²) in [6.45, 7) is 3.39. The largest absolute Gasteiger partial charge is 0.361 e. The molecule has 1 atom stereocenters. The van der Waals surface area contributed by atoms with Gasteiger partial charge >= 0.3 is 0 Å². The third-order valence-corrected chi connectivity index (χ3v) is 4.53. The molecule has 0 radical (unpaired) electrons. The first kappa shape index (κ1) is 13.2. The van der Waals surface area contributed by atoms with E-state index in [1.54, 1.807) is 0 Å². The van der Waals surface area contributed by atoms with Crippen molar-refractivity contribution >= 4 is 26.8 Å². The zero-order valence-corrected chi connectivity index (χ0v) is 12.8. The van der Waals surface area contributed by atoms with Gasteiger partial charge in [-0.05, 0) is 50.2 Å². The summed E-state index contributed by atoms with van der Waals surface area (Å²) >= 11 is 3.56. The van der Waals surface area contributed by atoms with Crippen LogP contribution in [-0.2, 0) is 6.54 Å². The average Bonchev–Trinajstić information content (AvgIpc) is 2.81. The van der Waals surface area contributed by atoms with Crippen LogP contribution in [0, 0.1) is 0 Å². The molecule has 4 heteroatoms. The van der Waals surface area contributed by atoms with Crippen LogP contribution in [-0.4, -0.2) is 36.1 Å². The van der Waals surface area contributed by atoms with Crippen LogP contribution in [0.3, 0.4) is 0 Å². The summed E-state index contributed by atoms with van der Waals surface area (Å²) in [5.41, 5.74) is 2.62. The molecule has 0 spiro atoms. The standard InChI is InChI=1S/C15H20BrN3/c1-17-13-3-2-6-19(10-13)9-11-8-18-15-5-4-12(16)7-14(11)15/h4-5,7-8,13,17-18H,2-3,6,9-10H2,1H3. The van der Waals surface area contributed by atoms with Crippen molar-refractivity contribution in [1.29, 1.82) is 0 Å². The molecule has 1 aliphatic rings. The fourth-order valence-corrected chi connectivity index (χ4v) is 3.32. The van der Waals surface area contributed by atoms with E-state index in [4.69, 9.17) is 0 Å². The van der Waals surface area contributed by atoms with E-state index in [1.807, 2.05) is 0 Å². The molecule has 19 heavy (non-hydrogen) atoms. The second kappa shape index (κ2) is 5.65. The van der Waals surface area contributed by atoms with Gasteiger partial charge in [0.05, 0.1) is 0 Å². The number of piperidine rings is 1. The van der Waals surface area contributed by atoms with Crippen LogP contribution in [0.2, 0.25) is 0 Å². The maximum absolute atomic E-state index is 3.56. The Morgan fingerprint density at radius 1 is 1.47 bits per heavy atom. The third kappa shape index (κ3) is 2.86. The molecule has 2 aromatic rings. The number of aromatic amines is 1. The molecule has 2 N–H and O–H groups in total. The number of aromatic nitrogens is 1. The summed E-state index contributed by atoms with van der Waals surface area (Å²) in [6.07, 6.45) is 4.74. The van der Waals surface area contributed by atoms with Gasteiger partial charge in [-0.15, -0.1) is 0 Å². The van der Waals surface area contributed by atoms with Crippen LogP contribution >= 0.6 is 15.9 Å². The Bertz CT molecular complexity index is 564. The van der Waals surface area contributed by atoms with Gasteiger partial charge in [-0.1, -0.05) is 15.9 Å². The second-order valence-corrected chi connectivity index (χ2v) is 6.28. The van der Waals surface area contributed by atoms with Crippen molar-refractivity contribution < 1.29 is 0 Å². The van der Waals surface area contributed by atoms with Gasteiger partial charge in [-0.2, -0.15) is 0 Å². The predicted octanol–water partition coefficient (Wildman–Crippen LogP) is 3.11. The zero-order valence-electron chi connectivity index (χ0n) is 11.2. The minimum atomic E-state index is 0.644. The molecule has 1 aromatic carbocycles. The Morgan fingerprint density at radius 3 is 3.21 bits per heavy atom. The van der Waals surface area contributed by atoms with Gasteiger partial charge in [-0.3, -0.25) is 4.90 Å². The van der Waals surface area contributed by atoms with Crippen LogP contribution in [0.1, 0.15) is 18.4 Å². The van der Waals surface area contributed by atoms with Crippen molar-refractivity contribution in [3.63, 3.8) is 0 Å². The molecular weight excluding hydrogens is 302 g/mol. The van der Waals surface area contributed by atoms with E-state index in [-0.39, 0.29) is 0 Å². The summed E-state index contributed by atoms with van der Waals surface area (Å²) < 4.78 is 1.15. The number of hydrogen-bond donors (Lipinski definition) is 2. The van der Waals surface area contributed by atoms with Gasteiger partial charge in [0.1, 0.15) is 0 Å². The Kier molecular flexibility index (Phi) is 3.91. The Labute approximate surface area is 122 Å². The molecule has 1 aromatic heterocycles. The normalized spacial score (nSPS) is 21.1. The molecule has 1 fully saturated rings. The smallest absolute Gasteiger partial charge is 0.0458 e. The van der Waals surface area contributed by atoms with Crippen molar-refractivity contribution in [2.45, 2.75) is 25.4 Å². The number of fused-ring (bicyclic) bond motifs is 1. The Balaban J connectivity index is 1.79. The topological polar surface area (TPSA) is 31.1 Å². The highest BCUT2D eigenvalue weighted by molar-refractivity contribution is 9.10. The number of nitrogens with one attached hydrogen (secondary N) is 2. The van der Waals surface area contributed by atoms with Crippen LogP contribution < -0.4 is 5.32 Å². The van der Waals surface area contributed by atoms with E-state index in [2.05, 4.69) is 62.6 Å². The summed E-state index contributed by atoms with van der Waals surface area (Å²) in [6, 6.07) is 7.07. The summed E-state index contributed by atoms with van der Waals surface area (Å²) in [7, 11) is 2.07. The number of H-pyrrole nitrogens is 1. The van der Waals surface area contributed by atoms with Crippen LogP contribution in [0.25, 0.3) is 10.9 Å². The van der Waals surface area contributed by atoms with Crippen molar-refractivity contribution in [3.8, 4) is 0 Å². The van der Waals surface area contributed by atoms with Crippen molar-refractivity contribution in [3.05, 3.63) is 34.4 Å². The van der Waals surface area contributed by atoms with Crippen LogP contribution in [0.4, 0.5) is 0 Å². The number of halogens is 1. The van der Waals surface area contributed by atoms with Gasteiger partial charge in [-0.25, -0.2) is 0 Å². The SMILES string of the molecule is CNC1CCCN(Cc2c[nH]c3ccc(Br)cc23)C1. The lowest BCUT2D eigenvalue weighted by Gasteiger charge is -2.32. The van der Waals surface area contributed by atoms with Crippen molar-refractivity contribution in [2.24, 2.45) is 0 Å². The number of benzene rings is 1. The van der Waals surface area contributed by atoms with E-state index >= 15 is 0 Å². The Hall–Kier alpha value is -0.840. The third-order valence-electron chi connectivity index (χ3n) is 4.04. The van der Waals surface area contributed by atoms with Gasteiger partial charge in [0, 0.05) is 40.7 Å². The number of hydrogen-bond acceptors (Lipinski definition) is 2. The molecule has 3 rings (SSSR count). The fraction of sp³-hybridized carbons (Fsp3) is 0.467. The van der Waals surface area contributed by atoms with Crippen molar-refractivity contribution in [2.75, 3.05) is 20.1 Å². The molecule has 0 amide bonds. The molecule has 2 heterocycles. The summed E-state index contributed by atoms with van der Waals surface area (Å²) in [5, 5.41) is 4.74. The minimum absolute atomic E-state index is 0.644. The molecule has 1 unspecified atom stereocenters. The number of nitrogens with zero attached hydrogens (tertiary/aromatic N) is 1. The minimum Gasteiger partial charge on any atom is -0.361 e. The predicted molar refractivity (Wildman–Crippen MR) is 83.4 cm³/mol. The van der Waals surface area contributed by atoms with Crippen molar-refractivity contribution in [1.82, 2.24) is 15.2 Å². The Morgan fingerprint density at radius 2 is 2.37 bits per heavy atom. The molecule has 0 saturated carbocycles. The van der Waals surface area contributed by atoms with E-state index in [9.17, 15) is 0 Å². The summed E-state index contributed by atoms with van der Waals surface area (Å²) in [4.78, 5) is 5.92. The van der Waals surface area contributed by atoms with Gasteiger partial charge in [0.25, 0.3) is 0 Å². The first-order chi connectivity index (χ1) is 9.26. The number of rotatable bonds is 3. The molecular formula is C15H20BrN3.